The van der Waals surface area contributed by atoms with Gasteiger partial charge < -0.3 is 15.0 Å². The summed E-state index contributed by atoms with van der Waals surface area (Å²) in [4.78, 5) is 6.43. The van der Waals surface area contributed by atoms with E-state index < -0.39 is 0 Å². The van der Waals surface area contributed by atoms with Crippen molar-refractivity contribution >= 4 is 5.69 Å². The lowest BCUT2D eigenvalue weighted by Crippen LogP contribution is -2.36. The molecule has 1 fully saturated rings. The highest BCUT2D eigenvalue weighted by Crippen LogP contribution is 2.16. The van der Waals surface area contributed by atoms with Crippen LogP contribution in [0.4, 0.5) is 5.69 Å². The number of H-pyrrole nitrogens is 1. The number of rotatable bonds is 5. The molecular formula is C14H19N5O. The molecule has 0 unspecified atom stereocenters. The summed E-state index contributed by atoms with van der Waals surface area (Å²) < 4.78 is 5.37. The van der Waals surface area contributed by atoms with Gasteiger partial charge in [-0.25, -0.2) is 4.98 Å². The minimum Gasteiger partial charge on any atom is -0.378 e. The van der Waals surface area contributed by atoms with Gasteiger partial charge in [-0.15, -0.1) is 0 Å². The van der Waals surface area contributed by atoms with Crippen LogP contribution in [0.2, 0.25) is 0 Å². The number of aromatic amines is 1. The van der Waals surface area contributed by atoms with Gasteiger partial charge in [-0.3, -0.25) is 5.10 Å². The Bertz CT molecular complexity index is 505. The van der Waals surface area contributed by atoms with Crippen molar-refractivity contribution in [1.29, 1.82) is 0 Å². The van der Waals surface area contributed by atoms with Crippen LogP contribution in [0.25, 0.3) is 0 Å². The number of morpholine rings is 1. The molecule has 0 radical (unpaired) electrons. The Kier molecular flexibility index (Phi) is 4.25. The van der Waals surface area contributed by atoms with E-state index in [2.05, 4.69) is 49.7 Å². The zero-order valence-electron chi connectivity index (χ0n) is 11.4. The Morgan fingerprint density at radius 1 is 1.15 bits per heavy atom. The number of hydrogen-bond acceptors (Lipinski definition) is 5. The summed E-state index contributed by atoms with van der Waals surface area (Å²) in [5, 5.41) is 9.99. The molecule has 3 rings (SSSR count). The Morgan fingerprint density at radius 3 is 2.65 bits per heavy atom. The summed E-state index contributed by atoms with van der Waals surface area (Å²) in [5.74, 6) is 0.856. The fourth-order valence-corrected chi connectivity index (χ4v) is 2.29. The average molecular weight is 273 g/mol. The minimum absolute atomic E-state index is 0.700. The van der Waals surface area contributed by atoms with Crippen LogP contribution in [0.3, 0.4) is 0 Å². The minimum atomic E-state index is 0.700. The van der Waals surface area contributed by atoms with E-state index in [1.807, 2.05) is 0 Å². The highest BCUT2D eigenvalue weighted by molar-refractivity contribution is 5.47. The van der Waals surface area contributed by atoms with E-state index >= 15 is 0 Å². The van der Waals surface area contributed by atoms with E-state index in [1.54, 1.807) is 0 Å². The third-order valence-corrected chi connectivity index (χ3v) is 3.40. The van der Waals surface area contributed by atoms with Crippen molar-refractivity contribution in [3.8, 4) is 0 Å². The van der Waals surface area contributed by atoms with Crippen LogP contribution in [0, 0.1) is 0 Å². The fourth-order valence-electron chi connectivity index (χ4n) is 2.29. The summed E-state index contributed by atoms with van der Waals surface area (Å²) in [5.41, 5.74) is 2.54. The summed E-state index contributed by atoms with van der Waals surface area (Å²) in [6.45, 7) is 5.11. The molecule has 0 amide bonds. The van der Waals surface area contributed by atoms with E-state index in [9.17, 15) is 0 Å². The molecule has 1 saturated heterocycles. The quantitative estimate of drug-likeness (QED) is 0.848. The van der Waals surface area contributed by atoms with Crippen LogP contribution in [-0.4, -0.2) is 41.5 Å². The van der Waals surface area contributed by atoms with Gasteiger partial charge in [0.15, 0.2) is 0 Å². The van der Waals surface area contributed by atoms with Crippen molar-refractivity contribution in [2.75, 3.05) is 31.2 Å². The third kappa shape index (κ3) is 3.34. The maximum Gasteiger partial charge on any atom is 0.138 e. The van der Waals surface area contributed by atoms with E-state index in [4.69, 9.17) is 4.74 Å². The molecule has 106 valence electrons. The van der Waals surface area contributed by atoms with Gasteiger partial charge in [0.2, 0.25) is 0 Å². The fraction of sp³-hybridized carbons (Fsp3) is 0.429. The summed E-state index contributed by atoms with van der Waals surface area (Å²) in [7, 11) is 0. The maximum absolute atomic E-state index is 5.37. The standard InChI is InChI=1S/C14H19N5O/c1-3-13(19-5-7-20-8-6-19)4-2-12(1)9-15-10-14-16-11-17-18-14/h1-4,11,15H,5-10H2,(H,16,17,18). The first-order chi connectivity index (χ1) is 9.92. The van der Waals surface area contributed by atoms with E-state index in [1.165, 1.54) is 17.6 Å². The number of anilines is 1. The molecule has 1 aliphatic heterocycles. The largest absolute Gasteiger partial charge is 0.378 e. The molecule has 2 aromatic rings. The Balaban J connectivity index is 1.50. The predicted octanol–water partition coefficient (Wildman–Crippen LogP) is 0.931. The maximum atomic E-state index is 5.37. The number of ether oxygens (including phenoxy) is 1. The molecule has 0 atom stereocenters. The monoisotopic (exact) mass is 273 g/mol. The van der Waals surface area contributed by atoms with Crippen molar-refractivity contribution < 1.29 is 4.74 Å². The van der Waals surface area contributed by atoms with E-state index in [0.717, 1.165) is 38.7 Å². The predicted molar refractivity (Wildman–Crippen MR) is 76.4 cm³/mol. The molecule has 6 heteroatoms. The molecule has 6 nitrogen and oxygen atoms in total. The molecule has 0 bridgehead atoms. The lowest BCUT2D eigenvalue weighted by atomic mass is 10.2. The molecular weight excluding hydrogens is 254 g/mol. The Morgan fingerprint density at radius 2 is 1.95 bits per heavy atom. The summed E-state index contributed by atoms with van der Waals surface area (Å²) in [6, 6.07) is 8.68. The van der Waals surface area contributed by atoms with Crippen LogP contribution in [0.5, 0.6) is 0 Å². The van der Waals surface area contributed by atoms with Crippen molar-refractivity contribution in [3.63, 3.8) is 0 Å². The van der Waals surface area contributed by atoms with Crippen molar-refractivity contribution in [2.24, 2.45) is 0 Å². The van der Waals surface area contributed by atoms with Gasteiger partial charge in [0.1, 0.15) is 12.2 Å². The lowest BCUT2D eigenvalue weighted by molar-refractivity contribution is 0.122. The van der Waals surface area contributed by atoms with Crippen molar-refractivity contribution in [2.45, 2.75) is 13.1 Å². The Hall–Kier alpha value is -1.92. The first-order valence-electron chi connectivity index (χ1n) is 6.88. The molecule has 0 saturated carbocycles. The zero-order valence-corrected chi connectivity index (χ0v) is 11.4. The van der Waals surface area contributed by atoms with Gasteiger partial charge in [0.05, 0.1) is 19.8 Å². The number of aromatic nitrogens is 3. The van der Waals surface area contributed by atoms with Gasteiger partial charge in [-0.05, 0) is 17.7 Å². The van der Waals surface area contributed by atoms with Crippen LogP contribution in [-0.2, 0) is 17.8 Å². The zero-order chi connectivity index (χ0) is 13.6. The van der Waals surface area contributed by atoms with Crippen LogP contribution < -0.4 is 10.2 Å². The highest BCUT2D eigenvalue weighted by Gasteiger charge is 2.10. The SMILES string of the molecule is c1n[nH]c(CNCc2ccc(N3CCOCC3)cc2)n1. The lowest BCUT2D eigenvalue weighted by Gasteiger charge is -2.28. The second-order valence-electron chi connectivity index (χ2n) is 4.80. The van der Waals surface area contributed by atoms with Crippen LogP contribution in [0.1, 0.15) is 11.4 Å². The molecule has 1 aromatic heterocycles. The topological polar surface area (TPSA) is 66.1 Å². The van der Waals surface area contributed by atoms with Crippen molar-refractivity contribution in [1.82, 2.24) is 20.5 Å². The summed E-state index contributed by atoms with van der Waals surface area (Å²) in [6.07, 6.45) is 1.52. The number of nitrogens with one attached hydrogen (secondary N) is 2. The normalized spacial score (nSPS) is 15.5. The van der Waals surface area contributed by atoms with Crippen LogP contribution >= 0.6 is 0 Å². The molecule has 1 aliphatic rings. The highest BCUT2D eigenvalue weighted by atomic mass is 16.5. The molecule has 2 N–H and O–H groups in total. The second kappa shape index (κ2) is 6.49. The third-order valence-electron chi connectivity index (χ3n) is 3.40. The second-order valence-corrected chi connectivity index (χ2v) is 4.80. The first-order valence-corrected chi connectivity index (χ1v) is 6.88. The number of benzene rings is 1. The molecule has 1 aromatic carbocycles. The van der Waals surface area contributed by atoms with E-state index in [0.29, 0.717) is 6.54 Å². The Labute approximate surface area is 118 Å². The first kappa shape index (κ1) is 13.1. The number of nitrogens with zero attached hydrogens (tertiary/aromatic N) is 3. The van der Waals surface area contributed by atoms with Gasteiger partial charge in [-0.2, -0.15) is 5.10 Å². The molecule has 0 aliphatic carbocycles. The van der Waals surface area contributed by atoms with Crippen molar-refractivity contribution in [3.05, 3.63) is 42.0 Å². The molecule has 0 spiro atoms. The molecule has 2 heterocycles. The van der Waals surface area contributed by atoms with E-state index in [-0.39, 0.29) is 0 Å². The van der Waals surface area contributed by atoms with Gasteiger partial charge in [0.25, 0.3) is 0 Å². The van der Waals surface area contributed by atoms with Crippen LogP contribution in [0.15, 0.2) is 30.6 Å². The van der Waals surface area contributed by atoms with Gasteiger partial charge >= 0.3 is 0 Å². The van der Waals surface area contributed by atoms with Gasteiger partial charge in [0, 0.05) is 25.3 Å². The molecule has 20 heavy (non-hydrogen) atoms. The summed E-state index contributed by atoms with van der Waals surface area (Å²) >= 11 is 0. The van der Waals surface area contributed by atoms with Gasteiger partial charge in [-0.1, -0.05) is 12.1 Å². The smallest absolute Gasteiger partial charge is 0.138 e. The number of hydrogen-bond donors (Lipinski definition) is 2. The average Bonchev–Trinajstić information content (AvgIpc) is 3.02.